The lowest BCUT2D eigenvalue weighted by Crippen LogP contribution is -1.94. The predicted molar refractivity (Wildman–Crippen MR) is 116 cm³/mol. The number of pyridine rings is 1. The molecule has 0 amide bonds. The molecule has 0 radical (unpaired) electrons. The number of nitrogens with zero attached hydrogens (tertiary/aromatic N) is 2. The van der Waals surface area contributed by atoms with Crippen molar-refractivity contribution in [1.82, 2.24) is 4.98 Å². The minimum absolute atomic E-state index is 0.264. The molecule has 4 rings (SSSR count). The molecule has 0 aliphatic heterocycles. The van der Waals surface area contributed by atoms with Gasteiger partial charge in [0, 0.05) is 5.39 Å². The minimum atomic E-state index is -0.264. The molecule has 2 nitrogen and oxygen atoms in total. The van der Waals surface area contributed by atoms with Gasteiger partial charge >= 0.3 is 0 Å². The monoisotopic (exact) mass is 380 g/mol. The first kappa shape index (κ1) is 18.0. The molecule has 0 spiro atoms. The number of nitriles is 1. The number of rotatable bonds is 4. The number of hydrogen-bond donors (Lipinski definition) is 0. The van der Waals surface area contributed by atoms with Gasteiger partial charge in [-0.3, -0.25) is 0 Å². The van der Waals surface area contributed by atoms with Gasteiger partial charge in [0.25, 0.3) is 0 Å². The lowest BCUT2D eigenvalue weighted by atomic mass is 10.0. The van der Waals surface area contributed by atoms with E-state index < -0.39 is 0 Å². The summed E-state index contributed by atoms with van der Waals surface area (Å²) in [4.78, 5) is 4.67. The van der Waals surface area contributed by atoms with E-state index in [1.54, 1.807) is 12.1 Å². The molecule has 3 heteroatoms. The van der Waals surface area contributed by atoms with Crippen LogP contribution in [0.4, 0.5) is 0 Å². The summed E-state index contributed by atoms with van der Waals surface area (Å²) >= 11 is 6.66. The SMILES string of the molecule is N#Cc1ccc(C(Cl)c2cccc(C=Cc3ccc4ccccc4n3)c2)cc1. The quantitative estimate of drug-likeness (QED) is 0.374. The highest BCUT2D eigenvalue weighted by Gasteiger charge is 2.11. The standard InChI is InChI=1S/C25H17ClN2/c26-25(21-11-8-19(17-27)9-12-21)22-6-3-4-18(16-22)10-14-23-15-13-20-5-1-2-7-24(20)28-23/h1-16,25H. The Labute approximate surface area is 169 Å². The lowest BCUT2D eigenvalue weighted by molar-refractivity contribution is 1.14. The molecule has 4 aromatic rings. The van der Waals surface area contributed by atoms with Gasteiger partial charge in [0.2, 0.25) is 0 Å². The first-order chi connectivity index (χ1) is 13.7. The molecule has 1 unspecified atom stereocenters. The van der Waals surface area contributed by atoms with E-state index >= 15 is 0 Å². The third-order valence-corrected chi connectivity index (χ3v) is 5.11. The van der Waals surface area contributed by atoms with Gasteiger partial charge in [-0.1, -0.05) is 60.7 Å². The van der Waals surface area contributed by atoms with E-state index in [-0.39, 0.29) is 5.38 Å². The van der Waals surface area contributed by atoms with E-state index in [4.69, 9.17) is 16.9 Å². The normalized spacial score (nSPS) is 12.1. The Hall–Kier alpha value is -3.41. The van der Waals surface area contributed by atoms with Crippen molar-refractivity contribution >= 4 is 34.7 Å². The average Bonchev–Trinajstić information content (AvgIpc) is 2.77. The predicted octanol–water partition coefficient (Wildman–Crippen LogP) is 6.61. The molecular formula is C25H17ClN2. The van der Waals surface area contributed by atoms with E-state index in [9.17, 15) is 0 Å². The van der Waals surface area contributed by atoms with Crippen molar-refractivity contribution in [3.63, 3.8) is 0 Å². The molecule has 3 aromatic carbocycles. The van der Waals surface area contributed by atoms with Gasteiger partial charge in [-0.05, 0) is 53.1 Å². The molecule has 1 heterocycles. The molecule has 1 aromatic heterocycles. The van der Waals surface area contributed by atoms with Crippen molar-refractivity contribution < 1.29 is 0 Å². The zero-order valence-corrected chi connectivity index (χ0v) is 15.8. The average molecular weight is 381 g/mol. The fourth-order valence-corrected chi connectivity index (χ4v) is 3.38. The Morgan fingerprint density at radius 1 is 0.821 bits per heavy atom. The maximum Gasteiger partial charge on any atom is 0.0991 e. The molecular weight excluding hydrogens is 364 g/mol. The molecule has 28 heavy (non-hydrogen) atoms. The molecule has 134 valence electrons. The third kappa shape index (κ3) is 3.96. The summed E-state index contributed by atoms with van der Waals surface area (Å²) in [6, 6.07) is 29.8. The number of aromatic nitrogens is 1. The molecule has 0 aliphatic rings. The summed E-state index contributed by atoms with van der Waals surface area (Å²) in [5.41, 5.74) is 5.58. The molecule has 0 saturated carbocycles. The van der Waals surface area contributed by atoms with E-state index in [1.165, 1.54) is 0 Å². The van der Waals surface area contributed by atoms with Crippen molar-refractivity contribution in [1.29, 1.82) is 5.26 Å². The van der Waals surface area contributed by atoms with Crippen molar-refractivity contribution in [3.05, 3.63) is 113 Å². The number of fused-ring (bicyclic) bond motifs is 1. The second-order valence-electron chi connectivity index (χ2n) is 6.53. The van der Waals surface area contributed by atoms with Crippen LogP contribution < -0.4 is 0 Å². The van der Waals surface area contributed by atoms with Gasteiger partial charge in [-0.2, -0.15) is 5.26 Å². The van der Waals surface area contributed by atoms with Crippen LogP contribution in [0, 0.1) is 11.3 Å². The third-order valence-electron chi connectivity index (χ3n) is 4.60. The van der Waals surface area contributed by atoms with Crippen LogP contribution >= 0.6 is 11.6 Å². The first-order valence-electron chi connectivity index (χ1n) is 9.01. The molecule has 0 aliphatic carbocycles. The number of alkyl halides is 1. The zero-order chi connectivity index (χ0) is 19.3. The summed E-state index contributed by atoms with van der Waals surface area (Å²) in [5.74, 6) is 0. The highest BCUT2D eigenvalue weighted by atomic mass is 35.5. The zero-order valence-electron chi connectivity index (χ0n) is 15.1. The van der Waals surface area contributed by atoms with Gasteiger partial charge in [0.1, 0.15) is 0 Å². The molecule has 1 atom stereocenters. The maximum absolute atomic E-state index is 8.94. The molecule has 0 N–H and O–H groups in total. The van der Waals surface area contributed by atoms with Crippen molar-refractivity contribution in [3.8, 4) is 6.07 Å². The second kappa shape index (κ2) is 8.08. The van der Waals surface area contributed by atoms with Crippen LogP contribution in [0.3, 0.4) is 0 Å². The van der Waals surface area contributed by atoms with E-state index in [1.807, 2.05) is 66.7 Å². The van der Waals surface area contributed by atoms with E-state index in [2.05, 4.69) is 29.3 Å². The Morgan fingerprint density at radius 3 is 2.46 bits per heavy atom. The van der Waals surface area contributed by atoms with Crippen LogP contribution in [0.25, 0.3) is 23.1 Å². The maximum atomic E-state index is 8.94. The largest absolute Gasteiger partial charge is 0.248 e. The molecule has 0 bridgehead atoms. The fraction of sp³-hybridized carbons (Fsp3) is 0.0400. The van der Waals surface area contributed by atoms with Crippen molar-refractivity contribution in [2.75, 3.05) is 0 Å². The van der Waals surface area contributed by atoms with Crippen LogP contribution in [-0.4, -0.2) is 4.98 Å². The van der Waals surface area contributed by atoms with Crippen molar-refractivity contribution in [2.45, 2.75) is 5.38 Å². The smallest absolute Gasteiger partial charge is 0.0991 e. The number of hydrogen-bond acceptors (Lipinski definition) is 2. The highest BCUT2D eigenvalue weighted by molar-refractivity contribution is 6.22. The van der Waals surface area contributed by atoms with Crippen LogP contribution in [0.15, 0.2) is 84.9 Å². The highest BCUT2D eigenvalue weighted by Crippen LogP contribution is 2.29. The van der Waals surface area contributed by atoms with Crippen LogP contribution in [0.5, 0.6) is 0 Å². The fourth-order valence-electron chi connectivity index (χ4n) is 3.10. The number of halogens is 1. The van der Waals surface area contributed by atoms with Gasteiger partial charge in [-0.15, -0.1) is 11.6 Å². The van der Waals surface area contributed by atoms with Crippen LogP contribution in [-0.2, 0) is 0 Å². The van der Waals surface area contributed by atoms with Crippen molar-refractivity contribution in [2.24, 2.45) is 0 Å². The summed E-state index contributed by atoms with van der Waals surface area (Å²) < 4.78 is 0. The molecule has 0 saturated heterocycles. The van der Waals surface area contributed by atoms with E-state index in [0.717, 1.165) is 33.3 Å². The Kier molecular flexibility index (Phi) is 5.19. The van der Waals surface area contributed by atoms with Gasteiger partial charge < -0.3 is 0 Å². The van der Waals surface area contributed by atoms with Gasteiger partial charge in [0.15, 0.2) is 0 Å². The summed E-state index contributed by atoms with van der Waals surface area (Å²) in [7, 11) is 0. The van der Waals surface area contributed by atoms with Crippen LogP contribution in [0.2, 0.25) is 0 Å². The van der Waals surface area contributed by atoms with E-state index in [0.29, 0.717) is 5.56 Å². The Morgan fingerprint density at radius 2 is 1.64 bits per heavy atom. The number of para-hydroxylation sites is 1. The lowest BCUT2D eigenvalue weighted by Gasteiger charge is -2.11. The summed E-state index contributed by atoms with van der Waals surface area (Å²) in [5, 5.41) is 9.81. The molecule has 0 fully saturated rings. The Bertz CT molecular complexity index is 1190. The van der Waals surface area contributed by atoms with Gasteiger partial charge in [0.05, 0.1) is 28.2 Å². The van der Waals surface area contributed by atoms with Gasteiger partial charge in [-0.25, -0.2) is 4.98 Å². The number of benzene rings is 3. The summed E-state index contributed by atoms with van der Waals surface area (Å²) in [6.07, 6.45) is 4.06. The second-order valence-corrected chi connectivity index (χ2v) is 6.97. The van der Waals surface area contributed by atoms with Crippen LogP contribution in [0.1, 0.15) is 33.3 Å². The first-order valence-corrected chi connectivity index (χ1v) is 9.44. The minimum Gasteiger partial charge on any atom is -0.248 e. The topological polar surface area (TPSA) is 36.7 Å². The Balaban J connectivity index is 1.57. The summed E-state index contributed by atoms with van der Waals surface area (Å²) in [6.45, 7) is 0.